The molecule has 72 valence electrons. The SMILES string of the molecule is CS(=O)(=O)n1c(Cl)ccc1C(=O)O. The summed E-state index contributed by atoms with van der Waals surface area (Å²) in [4.78, 5) is 10.5. The summed E-state index contributed by atoms with van der Waals surface area (Å²) in [6, 6.07) is 2.35. The molecule has 0 spiro atoms. The molecule has 5 nitrogen and oxygen atoms in total. The number of nitrogens with zero attached hydrogens (tertiary/aromatic N) is 1. The van der Waals surface area contributed by atoms with E-state index in [1.165, 1.54) is 6.07 Å². The van der Waals surface area contributed by atoms with Crippen LogP contribution in [0.2, 0.25) is 5.15 Å². The van der Waals surface area contributed by atoms with Crippen molar-refractivity contribution in [2.24, 2.45) is 0 Å². The Balaban J connectivity index is 3.51. The van der Waals surface area contributed by atoms with Crippen LogP contribution in [0.15, 0.2) is 12.1 Å². The van der Waals surface area contributed by atoms with Crippen LogP contribution in [0.25, 0.3) is 0 Å². The molecule has 7 heteroatoms. The first-order valence-corrected chi connectivity index (χ1v) is 5.38. The highest BCUT2D eigenvalue weighted by Gasteiger charge is 2.19. The molecule has 0 radical (unpaired) electrons. The number of hydrogen-bond donors (Lipinski definition) is 1. The molecule has 0 aliphatic carbocycles. The van der Waals surface area contributed by atoms with Crippen LogP contribution in [0.4, 0.5) is 0 Å². The van der Waals surface area contributed by atoms with E-state index in [4.69, 9.17) is 16.7 Å². The molecule has 13 heavy (non-hydrogen) atoms. The summed E-state index contributed by atoms with van der Waals surface area (Å²) >= 11 is 5.49. The summed E-state index contributed by atoms with van der Waals surface area (Å²) in [6.07, 6.45) is 0.880. The van der Waals surface area contributed by atoms with E-state index in [-0.39, 0.29) is 10.8 Å². The van der Waals surface area contributed by atoms with Gasteiger partial charge in [0.05, 0.1) is 6.26 Å². The van der Waals surface area contributed by atoms with Gasteiger partial charge in [0, 0.05) is 0 Å². The van der Waals surface area contributed by atoms with Crippen LogP contribution in [-0.4, -0.2) is 29.7 Å². The van der Waals surface area contributed by atoms with Gasteiger partial charge in [0.15, 0.2) is 0 Å². The van der Waals surface area contributed by atoms with E-state index in [1.807, 2.05) is 0 Å². The van der Waals surface area contributed by atoms with Crippen molar-refractivity contribution in [3.8, 4) is 0 Å². The quantitative estimate of drug-likeness (QED) is 0.799. The Kier molecular flexibility index (Phi) is 2.36. The van der Waals surface area contributed by atoms with Crippen LogP contribution < -0.4 is 0 Å². The lowest BCUT2D eigenvalue weighted by Gasteiger charge is -2.03. The lowest BCUT2D eigenvalue weighted by atomic mass is 10.4. The normalized spacial score (nSPS) is 11.5. The van der Waals surface area contributed by atoms with Crippen molar-refractivity contribution in [1.29, 1.82) is 0 Å². The third kappa shape index (κ3) is 1.84. The number of aromatic nitrogens is 1. The van der Waals surface area contributed by atoms with Crippen LogP contribution >= 0.6 is 11.6 Å². The van der Waals surface area contributed by atoms with E-state index in [1.54, 1.807) is 0 Å². The summed E-state index contributed by atoms with van der Waals surface area (Å²) in [5.74, 6) is -1.34. The topological polar surface area (TPSA) is 76.4 Å². The lowest BCUT2D eigenvalue weighted by molar-refractivity contribution is 0.0689. The summed E-state index contributed by atoms with van der Waals surface area (Å²) in [5, 5.41) is 8.46. The number of halogens is 1. The number of carboxylic acids is 1. The second-order valence-corrected chi connectivity index (χ2v) is 4.59. The molecule has 0 fully saturated rings. The largest absolute Gasteiger partial charge is 0.477 e. The number of rotatable bonds is 2. The summed E-state index contributed by atoms with van der Waals surface area (Å²) < 4.78 is 22.7. The number of aromatic carboxylic acids is 1. The Morgan fingerprint density at radius 3 is 2.38 bits per heavy atom. The Hall–Kier alpha value is -1.01. The van der Waals surface area contributed by atoms with Gasteiger partial charge < -0.3 is 5.11 Å². The zero-order chi connectivity index (χ0) is 10.2. The zero-order valence-corrected chi connectivity index (χ0v) is 8.13. The van der Waals surface area contributed by atoms with Gasteiger partial charge in [0.2, 0.25) is 10.0 Å². The molecule has 0 saturated heterocycles. The molecule has 0 bridgehead atoms. The average molecular weight is 224 g/mol. The molecule has 0 aromatic carbocycles. The highest BCUT2D eigenvalue weighted by molar-refractivity contribution is 7.89. The summed E-state index contributed by atoms with van der Waals surface area (Å²) in [7, 11) is -3.66. The number of carboxylic acid groups (broad SMARTS) is 1. The second kappa shape index (κ2) is 3.04. The number of hydrogen-bond acceptors (Lipinski definition) is 3. The van der Waals surface area contributed by atoms with Crippen molar-refractivity contribution in [1.82, 2.24) is 3.97 Å². The van der Waals surface area contributed by atoms with Gasteiger partial charge in [-0.3, -0.25) is 0 Å². The Labute approximate surface area is 79.6 Å². The Bertz CT molecular complexity index is 447. The predicted octanol–water partition coefficient (Wildman–Crippen LogP) is 0.647. The van der Waals surface area contributed by atoms with Crippen LogP contribution in [0, 0.1) is 0 Å². The number of carbonyl (C=O) groups is 1. The third-order valence-corrected chi connectivity index (χ3v) is 2.79. The van der Waals surface area contributed by atoms with E-state index >= 15 is 0 Å². The minimum atomic E-state index is -3.66. The minimum Gasteiger partial charge on any atom is -0.477 e. The average Bonchev–Trinajstić information content (AvgIpc) is 2.28. The fraction of sp³-hybridized carbons (Fsp3) is 0.167. The molecule has 0 saturated carbocycles. The minimum absolute atomic E-state index is 0.139. The van der Waals surface area contributed by atoms with Gasteiger partial charge in [-0.15, -0.1) is 0 Å². The predicted molar refractivity (Wildman–Crippen MR) is 46.6 cm³/mol. The first-order chi connectivity index (χ1) is 5.84. The maximum absolute atomic E-state index is 11.1. The first-order valence-electron chi connectivity index (χ1n) is 3.15. The first kappa shape index (κ1) is 10.1. The van der Waals surface area contributed by atoms with Crippen LogP contribution in [0.5, 0.6) is 0 Å². The van der Waals surface area contributed by atoms with Crippen molar-refractivity contribution in [3.05, 3.63) is 23.0 Å². The third-order valence-electron chi connectivity index (χ3n) is 1.34. The molecule has 1 rings (SSSR count). The maximum Gasteiger partial charge on any atom is 0.353 e. The summed E-state index contributed by atoms with van der Waals surface area (Å²) in [5.41, 5.74) is -0.368. The van der Waals surface area contributed by atoms with Crippen LogP contribution in [-0.2, 0) is 10.0 Å². The van der Waals surface area contributed by atoms with Crippen molar-refractivity contribution in [3.63, 3.8) is 0 Å². The highest BCUT2D eigenvalue weighted by Crippen LogP contribution is 2.16. The van der Waals surface area contributed by atoms with Crippen LogP contribution in [0.3, 0.4) is 0 Å². The van der Waals surface area contributed by atoms with Crippen LogP contribution in [0.1, 0.15) is 10.5 Å². The molecule has 0 aliphatic rings. The molecule has 0 atom stereocenters. The van der Waals surface area contributed by atoms with Gasteiger partial charge in [0.25, 0.3) is 0 Å². The van der Waals surface area contributed by atoms with Gasteiger partial charge in [-0.1, -0.05) is 11.6 Å². The maximum atomic E-state index is 11.1. The standard InChI is InChI=1S/C6H6ClNO4S/c1-13(11,12)8-4(6(9)10)2-3-5(8)7/h2-3H,1H3,(H,9,10). The van der Waals surface area contributed by atoms with Gasteiger partial charge in [-0.25, -0.2) is 17.2 Å². The molecule has 0 amide bonds. The van der Waals surface area contributed by atoms with Crippen molar-refractivity contribution in [2.45, 2.75) is 0 Å². The molecular weight excluding hydrogens is 218 g/mol. The van der Waals surface area contributed by atoms with Crippen molar-refractivity contribution in [2.75, 3.05) is 6.26 Å². The van der Waals surface area contributed by atoms with Gasteiger partial charge >= 0.3 is 5.97 Å². The van der Waals surface area contributed by atoms with Crippen molar-refractivity contribution >= 4 is 27.6 Å². The molecule has 0 aliphatic heterocycles. The Morgan fingerprint density at radius 2 is 2.08 bits per heavy atom. The fourth-order valence-electron chi connectivity index (χ4n) is 0.893. The lowest BCUT2D eigenvalue weighted by Crippen LogP contribution is -2.16. The smallest absolute Gasteiger partial charge is 0.353 e. The fourth-order valence-corrected chi connectivity index (χ4v) is 2.30. The molecule has 0 unspecified atom stereocenters. The molecule has 1 aromatic heterocycles. The van der Waals surface area contributed by atoms with E-state index in [9.17, 15) is 13.2 Å². The highest BCUT2D eigenvalue weighted by atomic mass is 35.5. The molecule has 1 heterocycles. The molecule has 1 aromatic rings. The monoisotopic (exact) mass is 223 g/mol. The van der Waals surface area contributed by atoms with E-state index in [0.29, 0.717) is 3.97 Å². The van der Waals surface area contributed by atoms with Gasteiger partial charge in [-0.05, 0) is 12.1 Å². The van der Waals surface area contributed by atoms with E-state index in [2.05, 4.69) is 0 Å². The Morgan fingerprint density at radius 1 is 1.54 bits per heavy atom. The second-order valence-electron chi connectivity index (χ2n) is 2.37. The zero-order valence-electron chi connectivity index (χ0n) is 6.56. The van der Waals surface area contributed by atoms with Gasteiger partial charge in [0.1, 0.15) is 10.8 Å². The van der Waals surface area contributed by atoms with E-state index in [0.717, 1.165) is 12.3 Å². The van der Waals surface area contributed by atoms with Crippen molar-refractivity contribution < 1.29 is 18.3 Å². The summed E-state index contributed by atoms with van der Waals surface area (Å²) in [6.45, 7) is 0. The molecule has 1 N–H and O–H groups in total. The van der Waals surface area contributed by atoms with Gasteiger partial charge in [-0.2, -0.15) is 0 Å². The molecular formula is C6H6ClNO4S. The van der Waals surface area contributed by atoms with E-state index < -0.39 is 16.0 Å².